The van der Waals surface area contributed by atoms with E-state index in [-0.39, 0.29) is 55.5 Å². The molecule has 0 aromatic heterocycles. The van der Waals surface area contributed by atoms with Crippen LogP contribution in [0, 0.1) is 11.8 Å². The van der Waals surface area contributed by atoms with E-state index in [1.54, 1.807) is 31.4 Å². The molecule has 3 N–H and O–H groups in total. The zero-order valence-corrected chi connectivity index (χ0v) is 66.9. The average molecular weight is 1570 g/mol. The van der Waals surface area contributed by atoms with Gasteiger partial charge in [-0.25, -0.2) is 0 Å². The molecular weight excluding hydrogens is 1430 g/mol. The second-order valence-corrected chi connectivity index (χ2v) is 24.8. The summed E-state index contributed by atoms with van der Waals surface area (Å²) in [5.41, 5.74) is 1.30. The third-order valence-electron chi connectivity index (χ3n) is 15.3. The molecule has 1 aromatic carbocycles. The summed E-state index contributed by atoms with van der Waals surface area (Å²) in [7, 11) is 1.64. The molecule has 32 nitrogen and oxygen atoms in total. The Labute approximate surface area is 650 Å². The molecule has 3 amide bonds. The van der Waals surface area contributed by atoms with E-state index in [0.717, 1.165) is 37.7 Å². The van der Waals surface area contributed by atoms with Crippen molar-refractivity contribution in [2.24, 2.45) is 11.8 Å². The number of rotatable bonds is 89. The van der Waals surface area contributed by atoms with E-state index in [9.17, 15) is 24.0 Å². The number of amides is 3. The topological polar surface area (TPSA) is 343 Å². The highest BCUT2D eigenvalue weighted by Crippen LogP contribution is 2.21. The number of ether oxygens (including phenoxy) is 24. The molecule has 1 rings (SSSR count). The minimum Gasteiger partial charge on any atom is -0.461 e. The van der Waals surface area contributed by atoms with Crippen LogP contribution in [0.3, 0.4) is 0 Å². The van der Waals surface area contributed by atoms with Gasteiger partial charge in [0.25, 0.3) is 0 Å². The maximum atomic E-state index is 13.6. The molecule has 32 heteroatoms. The van der Waals surface area contributed by atoms with Gasteiger partial charge in [-0.05, 0) is 62.1 Å². The van der Waals surface area contributed by atoms with Crippen molar-refractivity contribution in [1.82, 2.24) is 10.6 Å². The van der Waals surface area contributed by atoms with Gasteiger partial charge in [0, 0.05) is 64.7 Å². The summed E-state index contributed by atoms with van der Waals surface area (Å²) in [5.74, 6) is -2.05. The van der Waals surface area contributed by atoms with E-state index in [0.29, 0.717) is 329 Å². The molecule has 0 spiro atoms. The van der Waals surface area contributed by atoms with Crippen molar-refractivity contribution in [2.75, 3.05) is 316 Å². The molecule has 1 aromatic rings. The summed E-state index contributed by atoms with van der Waals surface area (Å²) in [6.45, 7) is 29.6. The number of carbonyl (C=O) groups is 5. The quantitative estimate of drug-likeness (QED) is 0.0539. The molecule has 0 bridgehead atoms. The van der Waals surface area contributed by atoms with Gasteiger partial charge in [0.2, 0.25) is 17.7 Å². The van der Waals surface area contributed by atoms with Gasteiger partial charge in [0.15, 0.2) is 5.78 Å². The maximum Gasteiger partial charge on any atom is 0.302 e. The van der Waals surface area contributed by atoms with Crippen LogP contribution in [-0.2, 0) is 144 Å². The summed E-state index contributed by atoms with van der Waals surface area (Å²) in [6.07, 6.45) is 6.56. The molecule has 0 heterocycles. The summed E-state index contributed by atoms with van der Waals surface area (Å²) >= 11 is 0. The van der Waals surface area contributed by atoms with Crippen molar-refractivity contribution in [3.05, 3.63) is 29.8 Å². The molecule has 0 fully saturated rings. The second kappa shape index (κ2) is 83.3. The molecule has 0 saturated carbocycles. The van der Waals surface area contributed by atoms with Gasteiger partial charge in [-0.3, -0.25) is 24.0 Å². The van der Waals surface area contributed by atoms with E-state index < -0.39 is 17.9 Å². The van der Waals surface area contributed by atoms with E-state index in [2.05, 4.69) is 16.0 Å². The molecular formula is C77H141N3O29. The molecule has 0 aliphatic heterocycles. The Balaban J connectivity index is 1.78. The maximum absolute atomic E-state index is 13.6. The van der Waals surface area contributed by atoms with Crippen molar-refractivity contribution in [3.63, 3.8) is 0 Å². The number of anilines is 1. The summed E-state index contributed by atoms with van der Waals surface area (Å²) < 4.78 is 132. The minimum absolute atomic E-state index is 0.0450. The van der Waals surface area contributed by atoms with Gasteiger partial charge >= 0.3 is 5.97 Å². The van der Waals surface area contributed by atoms with Crippen LogP contribution in [0.5, 0.6) is 0 Å². The van der Waals surface area contributed by atoms with Crippen molar-refractivity contribution in [1.29, 1.82) is 0 Å². The number of hydrogen-bond donors (Lipinski definition) is 3. The first kappa shape index (κ1) is 103. The molecule has 0 radical (unpaired) electrons. The molecule has 0 saturated heterocycles. The van der Waals surface area contributed by atoms with Crippen LogP contribution >= 0.6 is 0 Å². The monoisotopic (exact) mass is 1570 g/mol. The van der Waals surface area contributed by atoms with Crippen LogP contribution in [0.4, 0.5) is 5.69 Å². The summed E-state index contributed by atoms with van der Waals surface area (Å²) in [6, 6.07) is 6.22. The average Bonchev–Trinajstić information content (AvgIpc) is 0.864. The Hall–Kier alpha value is -4.15. The Bertz CT molecular complexity index is 2150. The predicted molar refractivity (Wildman–Crippen MR) is 405 cm³/mol. The summed E-state index contributed by atoms with van der Waals surface area (Å²) in [5, 5.41) is 8.70. The first-order valence-electron chi connectivity index (χ1n) is 39.4. The number of nitrogens with one attached hydrogen (secondary N) is 3. The van der Waals surface area contributed by atoms with Crippen LogP contribution < -0.4 is 16.0 Å². The number of methoxy groups -OCH3 is 1. The number of esters is 1. The van der Waals surface area contributed by atoms with E-state index in [4.69, 9.17) is 114 Å². The van der Waals surface area contributed by atoms with Crippen molar-refractivity contribution >= 4 is 35.2 Å². The lowest BCUT2D eigenvalue weighted by molar-refractivity contribution is -0.142. The number of hydrogen-bond acceptors (Lipinski definition) is 29. The van der Waals surface area contributed by atoms with Crippen molar-refractivity contribution < 1.29 is 138 Å². The zero-order chi connectivity index (χ0) is 78.7. The molecule has 109 heavy (non-hydrogen) atoms. The van der Waals surface area contributed by atoms with Gasteiger partial charge in [-0.15, -0.1) is 0 Å². The van der Waals surface area contributed by atoms with Crippen LogP contribution in [0.15, 0.2) is 24.3 Å². The Morgan fingerprint density at radius 1 is 0.349 bits per heavy atom. The highest BCUT2D eigenvalue weighted by molar-refractivity contribution is 5.97. The number of unbranched alkanes of at least 4 members (excludes halogenated alkanes) is 4. The van der Waals surface area contributed by atoms with Crippen molar-refractivity contribution in [2.45, 2.75) is 111 Å². The lowest BCUT2D eigenvalue weighted by atomic mass is 9.89. The number of ketones is 1. The van der Waals surface area contributed by atoms with E-state index >= 15 is 0 Å². The van der Waals surface area contributed by atoms with E-state index in [1.807, 2.05) is 20.8 Å². The number of benzene rings is 1. The van der Waals surface area contributed by atoms with Gasteiger partial charge < -0.3 is 130 Å². The first-order chi connectivity index (χ1) is 53.6. The SMILES string of the molecule is CCCCC(=O)N[C@H](C(=O)C[C@@H](CCCCNC(=O)CCOCCOCCOCCOCCOCCCCCOCCOCCOCCOCCOCCOCCOCCOCCOCCOCCOCCOCCOCCOCCOCCOCCOCCOC)C(=O)Nc1ccc(COC(C)=O)cc1)C(C)C. The van der Waals surface area contributed by atoms with Gasteiger partial charge in [0.1, 0.15) is 6.61 Å². The minimum atomic E-state index is -0.709. The standard InChI is InChI=1S/C77H141N3O29/c1-6-7-14-75(84)80-76(68(2)3)73(82)66-71(77(85)79-72-17-15-70(16-18-72)67-109-69(4)81)13-9-10-20-78-74(83)19-23-89-28-31-93-36-39-95-37-34-91-29-26-87-21-11-8-12-22-88-27-30-92-35-38-96-42-43-98-46-47-100-50-51-102-54-55-104-58-59-106-62-63-108-65-64-107-61-60-105-57-56-103-53-52-101-49-48-99-45-44-97-41-40-94-33-32-90-25-24-86-5/h15-18,68,71,76H,6-14,19-67H2,1-5H3,(H,78,83)(H,79,85)(H,80,84)/t71-,76+/m1/s1. The van der Waals surface area contributed by atoms with Crippen LogP contribution in [0.2, 0.25) is 0 Å². The largest absolute Gasteiger partial charge is 0.461 e. The smallest absolute Gasteiger partial charge is 0.302 e. The van der Waals surface area contributed by atoms with Gasteiger partial charge in [-0.1, -0.05) is 45.7 Å². The lowest BCUT2D eigenvalue weighted by Gasteiger charge is -2.24. The highest BCUT2D eigenvalue weighted by Gasteiger charge is 2.29. The van der Waals surface area contributed by atoms with Crippen LogP contribution in [0.25, 0.3) is 0 Å². The second-order valence-electron chi connectivity index (χ2n) is 24.8. The first-order valence-corrected chi connectivity index (χ1v) is 39.4. The molecule has 638 valence electrons. The van der Waals surface area contributed by atoms with Crippen molar-refractivity contribution in [3.8, 4) is 0 Å². The van der Waals surface area contributed by atoms with Gasteiger partial charge in [-0.2, -0.15) is 0 Å². The molecule has 0 aliphatic rings. The fourth-order valence-electron chi connectivity index (χ4n) is 9.34. The fraction of sp³-hybridized carbons (Fsp3) is 0.857. The van der Waals surface area contributed by atoms with Crippen LogP contribution in [0.1, 0.15) is 104 Å². The molecule has 0 aliphatic carbocycles. The normalized spacial score (nSPS) is 12.1. The van der Waals surface area contributed by atoms with E-state index in [1.165, 1.54) is 6.92 Å². The Kier molecular flexibility index (Phi) is 78.6. The third kappa shape index (κ3) is 75.0. The lowest BCUT2D eigenvalue weighted by Crippen LogP contribution is -2.45. The van der Waals surface area contributed by atoms with Crippen LogP contribution in [-0.4, -0.2) is 346 Å². The zero-order valence-electron chi connectivity index (χ0n) is 66.9. The predicted octanol–water partition coefficient (Wildman–Crippen LogP) is 5.45. The Morgan fingerprint density at radius 2 is 0.661 bits per heavy atom. The Morgan fingerprint density at radius 3 is 0.963 bits per heavy atom. The van der Waals surface area contributed by atoms with Gasteiger partial charge in [0.05, 0.1) is 290 Å². The third-order valence-corrected chi connectivity index (χ3v) is 15.3. The number of Topliss-reactive ketones (excluding diaryl/α,β-unsaturated/α-hetero) is 1. The number of carbonyl (C=O) groups excluding carboxylic acids is 5. The molecule has 0 unspecified atom stereocenters. The fourth-order valence-corrected chi connectivity index (χ4v) is 9.34. The highest BCUT2D eigenvalue weighted by atomic mass is 16.6. The molecule has 2 atom stereocenters. The summed E-state index contributed by atoms with van der Waals surface area (Å²) in [4.78, 5) is 63.4.